The molecule has 1 aliphatic rings. The van der Waals surface area contributed by atoms with Crippen LogP contribution in [0.25, 0.3) is 0 Å². The van der Waals surface area contributed by atoms with Crippen LogP contribution in [0.2, 0.25) is 0 Å². The number of cyclic esters (lactones) is 2. The van der Waals surface area contributed by atoms with Gasteiger partial charge in [0, 0.05) is 26.7 Å². The molecule has 7 nitrogen and oxygen atoms in total. The number of esters is 2. The number of rotatable bonds is 5. The molecule has 1 saturated heterocycles. The van der Waals surface area contributed by atoms with Crippen LogP contribution in [-0.4, -0.2) is 33.9 Å². The molecule has 0 aliphatic carbocycles. The van der Waals surface area contributed by atoms with Gasteiger partial charge in [-0.25, -0.2) is 9.59 Å². The lowest BCUT2D eigenvalue weighted by Crippen LogP contribution is -2.42. The summed E-state index contributed by atoms with van der Waals surface area (Å²) in [4.78, 5) is 33.4. The molecule has 0 amide bonds. The Balaban J connectivity index is 2.65. The largest absolute Gasteiger partial charge is 0.511 e. The zero-order chi connectivity index (χ0) is 14.6. The second kappa shape index (κ2) is 5.73. The molecule has 1 heterocycles. The molecule has 106 valence electrons. The third-order valence-electron chi connectivity index (χ3n) is 2.43. The highest BCUT2D eigenvalue weighted by molar-refractivity contribution is 6.15. The number of aliphatic carboxylic acids is 1. The number of aliphatic hydroxyl groups excluding tert-OH is 1. The Bertz CT molecular complexity index is 411. The third-order valence-corrected chi connectivity index (χ3v) is 2.43. The first-order valence-corrected chi connectivity index (χ1v) is 5.83. The van der Waals surface area contributed by atoms with Gasteiger partial charge in [-0.3, -0.25) is 4.79 Å². The van der Waals surface area contributed by atoms with Crippen molar-refractivity contribution in [1.29, 1.82) is 0 Å². The van der Waals surface area contributed by atoms with Crippen molar-refractivity contribution in [2.75, 3.05) is 0 Å². The van der Waals surface area contributed by atoms with E-state index in [-0.39, 0.29) is 12.8 Å². The number of unbranched alkanes of at least 4 members (excludes halogenated alkanes) is 1. The van der Waals surface area contributed by atoms with E-state index in [1.54, 1.807) is 0 Å². The number of carboxylic acid groups (broad SMARTS) is 1. The number of aliphatic hydroxyl groups is 1. The van der Waals surface area contributed by atoms with E-state index in [2.05, 4.69) is 0 Å². The number of carboxylic acids is 1. The molecule has 0 saturated carbocycles. The molecule has 0 atom stereocenters. The summed E-state index contributed by atoms with van der Waals surface area (Å²) in [5.41, 5.74) is -0.519. The molecule has 7 heteroatoms. The van der Waals surface area contributed by atoms with Crippen molar-refractivity contribution in [3.05, 3.63) is 11.3 Å². The fourth-order valence-corrected chi connectivity index (χ4v) is 1.58. The maximum atomic E-state index is 11.6. The topological polar surface area (TPSA) is 110 Å². The lowest BCUT2D eigenvalue weighted by molar-refractivity contribution is -0.222. The molecule has 0 aromatic carbocycles. The van der Waals surface area contributed by atoms with E-state index in [9.17, 15) is 19.5 Å². The number of allylic oxidation sites excluding steroid dienone is 1. The van der Waals surface area contributed by atoms with Crippen molar-refractivity contribution >= 4 is 17.9 Å². The molecule has 1 aliphatic heterocycles. The van der Waals surface area contributed by atoms with Crippen molar-refractivity contribution < 1.29 is 34.1 Å². The van der Waals surface area contributed by atoms with E-state index in [0.29, 0.717) is 12.8 Å². The van der Waals surface area contributed by atoms with Crippen LogP contribution in [0.3, 0.4) is 0 Å². The Kier molecular flexibility index (Phi) is 4.52. The predicted octanol–water partition coefficient (Wildman–Crippen LogP) is 1.28. The molecule has 0 aromatic heterocycles. The van der Waals surface area contributed by atoms with Crippen LogP contribution in [0.4, 0.5) is 0 Å². The maximum Gasteiger partial charge on any atom is 0.352 e. The minimum absolute atomic E-state index is 0.0211. The highest BCUT2D eigenvalue weighted by Gasteiger charge is 2.40. The molecule has 0 spiro atoms. The van der Waals surface area contributed by atoms with Crippen LogP contribution in [-0.2, 0) is 23.9 Å². The summed E-state index contributed by atoms with van der Waals surface area (Å²) in [5, 5.41) is 18.1. The Morgan fingerprint density at radius 1 is 1.05 bits per heavy atom. The summed E-state index contributed by atoms with van der Waals surface area (Å²) < 4.78 is 9.66. The first-order valence-electron chi connectivity index (χ1n) is 5.83. The van der Waals surface area contributed by atoms with Gasteiger partial charge in [-0.05, 0) is 12.8 Å². The van der Waals surface area contributed by atoms with Gasteiger partial charge in [0.1, 0.15) is 5.76 Å². The highest BCUT2D eigenvalue weighted by atomic mass is 16.7. The van der Waals surface area contributed by atoms with Crippen molar-refractivity contribution in [3.63, 3.8) is 0 Å². The molecule has 2 N–H and O–H groups in total. The van der Waals surface area contributed by atoms with Crippen molar-refractivity contribution in [3.8, 4) is 0 Å². The summed E-state index contributed by atoms with van der Waals surface area (Å²) in [7, 11) is 0. The van der Waals surface area contributed by atoms with E-state index >= 15 is 0 Å². The van der Waals surface area contributed by atoms with E-state index in [1.807, 2.05) is 0 Å². The molecule has 1 rings (SSSR count). The van der Waals surface area contributed by atoms with Crippen molar-refractivity contribution in [2.45, 2.75) is 45.3 Å². The van der Waals surface area contributed by atoms with Crippen LogP contribution < -0.4 is 0 Å². The summed E-state index contributed by atoms with van der Waals surface area (Å²) in [6.45, 7) is 2.81. The predicted molar refractivity (Wildman–Crippen MR) is 62.0 cm³/mol. The lowest BCUT2D eigenvalue weighted by atomic mass is 10.1. The number of ether oxygens (including phenoxy) is 2. The fraction of sp³-hybridized carbons (Fsp3) is 0.583. The van der Waals surface area contributed by atoms with Gasteiger partial charge in [-0.15, -0.1) is 0 Å². The number of hydrogen-bond donors (Lipinski definition) is 2. The van der Waals surface area contributed by atoms with Crippen molar-refractivity contribution in [1.82, 2.24) is 0 Å². The molecule has 0 aromatic rings. The minimum Gasteiger partial charge on any atom is -0.511 e. The van der Waals surface area contributed by atoms with Gasteiger partial charge in [0.2, 0.25) is 0 Å². The highest BCUT2D eigenvalue weighted by Crippen LogP contribution is 2.25. The van der Waals surface area contributed by atoms with E-state index in [1.165, 1.54) is 13.8 Å². The molecule has 1 fully saturated rings. The SMILES string of the molecule is CC1(C)OC(=O)C(=C(O)CCCCC(=O)O)C(=O)O1. The summed E-state index contributed by atoms with van der Waals surface area (Å²) in [6, 6.07) is 0. The van der Waals surface area contributed by atoms with Gasteiger partial charge in [0.15, 0.2) is 5.57 Å². The minimum atomic E-state index is -1.35. The average molecular weight is 272 g/mol. The smallest absolute Gasteiger partial charge is 0.352 e. The second-order valence-corrected chi connectivity index (χ2v) is 4.60. The van der Waals surface area contributed by atoms with Gasteiger partial charge in [0.05, 0.1) is 0 Å². The maximum absolute atomic E-state index is 11.6. The van der Waals surface area contributed by atoms with Gasteiger partial charge >= 0.3 is 17.9 Å². The van der Waals surface area contributed by atoms with Crippen molar-refractivity contribution in [2.24, 2.45) is 0 Å². The Morgan fingerprint density at radius 2 is 1.53 bits per heavy atom. The number of carbonyl (C=O) groups is 3. The second-order valence-electron chi connectivity index (χ2n) is 4.60. The summed E-state index contributed by atoms with van der Waals surface area (Å²) in [6.07, 6.45) is 0.658. The van der Waals surface area contributed by atoms with Crippen LogP contribution >= 0.6 is 0 Å². The molecule has 19 heavy (non-hydrogen) atoms. The normalized spacial score (nSPS) is 17.7. The van der Waals surface area contributed by atoms with Gasteiger partial charge in [-0.2, -0.15) is 0 Å². The number of hydrogen-bond acceptors (Lipinski definition) is 6. The third kappa shape index (κ3) is 4.27. The fourth-order valence-electron chi connectivity index (χ4n) is 1.58. The monoisotopic (exact) mass is 272 g/mol. The Hall–Kier alpha value is -2.05. The van der Waals surface area contributed by atoms with Crippen LogP contribution in [0, 0.1) is 0 Å². The Labute approximate surface area is 109 Å². The average Bonchev–Trinajstić information content (AvgIpc) is 2.21. The van der Waals surface area contributed by atoms with E-state index in [0.717, 1.165) is 0 Å². The zero-order valence-corrected chi connectivity index (χ0v) is 10.8. The van der Waals surface area contributed by atoms with Crippen LogP contribution in [0.5, 0.6) is 0 Å². The first kappa shape index (κ1) is 15.0. The van der Waals surface area contributed by atoms with Crippen LogP contribution in [0.1, 0.15) is 39.5 Å². The standard InChI is InChI=1S/C12H16O7/c1-12(2)18-10(16)9(11(17)19-12)7(13)5-3-4-6-8(14)15/h13H,3-6H2,1-2H3,(H,14,15). The quantitative estimate of drug-likeness (QED) is 0.255. The van der Waals surface area contributed by atoms with Gasteiger partial charge in [0.25, 0.3) is 5.79 Å². The first-order chi connectivity index (χ1) is 8.73. The summed E-state index contributed by atoms with van der Waals surface area (Å²) >= 11 is 0. The molecule has 0 radical (unpaired) electrons. The molecular weight excluding hydrogens is 256 g/mol. The zero-order valence-electron chi connectivity index (χ0n) is 10.8. The van der Waals surface area contributed by atoms with E-state index < -0.39 is 35.0 Å². The van der Waals surface area contributed by atoms with Gasteiger partial charge in [-0.1, -0.05) is 0 Å². The lowest BCUT2D eigenvalue weighted by Gasteiger charge is -2.30. The molecule has 0 unspecified atom stereocenters. The van der Waals surface area contributed by atoms with Crippen LogP contribution in [0.15, 0.2) is 11.3 Å². The Morgan fingerprint density at radius 3 is 2.00 bits per heavy atom. The molecular formula is C12H16O7. The van der Waals surface area contributed by atoms with Gasteiger partial charge < -0.3 is 19.7 Å². The summed E-state index contributed by atoms with van der Waals surface area (Å²) in [5.74, 6) is -4.59. The molecule has 0 bridgehead atoms. The number of carbonyl (C=O) groups excluding carboxylic acids is 2. The van der Waals surface area contributed by atoms with E-state index in [4.69, 9.17) is 14.6 Å².